The molecule has 3 aromatic rings. The maximum atomic E-state index is 13.5. The van der Waals surface area contributed by atoms with E-state index in [0.717, 1.165) is 53.9 Å². The van der Waals surface area contributed by atoms with Gasteiger partial charge in [-0.15, -0.1) is 12.4 Å². The maximum Gasteiger partial charge on any atom is 0.260 e. The zero-order valence-electron chi connectivity index (χ0n) is 19.9. The Hall–Kier alpha value is -2.55. The van der Waals surface area contributed by atoms with Crippen molar-refractivity contribution in [3.05, 3.63) is 42.0 Å². The molecule has 2 heterocycles. The van der Waals surface area contributed by atoms with Crippen LogP contribution in [-0.4, -0.2) is 56.4 Å². The smallest absolute Gasteiger partial charge is 0.260 e. The quantitative estimate of drug-likeness (QED) is 0.315. The summed E-state index contributed by atoms with van der Waals surface area (Å²) in [7, 11) is 4.06. The summed E-state index contributed by atoms with van der Waals surface area (Å²) in [6.07, 6.45) is 4.20. The van der Waals surface area contributed by atoms with Gasteiger partial charge >= 0.3 is 0 Å². The first-order valence-electron chi connectivity index (χ1n) is 11.4. The molecule has 7 nitrogen and oxygen atoms in total. The number of nitrogens with zero attached hydrogens (tertiary/aromatic N) is 3. The van der Waals surface area contributed by atoms with E-state index in [1.165, 1.54) is 11.3 Å². The van der Waals surface area contributed by atoms with Crippen LogP contribution in [0.2, 0.25) is 0 Å². The molecule has 0 atom stereocenters. The lowest BCUT2D eigenvalue weighted by Crippen LogP contribution is -2.33. The number of hydrogen-bond acceptors (Lipinski definition) is 7. The van der Waals surface area contributed by atoms with E-state index in [-0.39, 0.29) is 25.1 Å². The number of hydrogen-bond donors (Lipinski definition) is 0. The Balaban J connectivity index is 0.00000324. The molecule has 0 bridgehead atoms. The van der Waals surface area contributed by atoms with Crippen LogP contribution in [0.5, 0.6) is 17.2 Å². The lowest BCUT2D eigenvalue weighted by atomic mass is 10.2. The number of benzene rings is 2. The molecule has 1 aromatic heterocycles. The first-order valence-corrected chi connectivity index (χ1v) is 12.3. The van der Waals surface area contributed by atoms with Crippen molar-refractivity contribution in [2.45, 2.75) is 32.6 Å². The largest absolute Gasteiger partial charge is 0.494 e. The molecule has 0 unspecified atom stereocenters. The average Bonchev–Trinajstić information content (AvgIpc) is 3.43. The number of halogens is 1. The number of rotatable bonds is 11. The third-order valence-corrected chi connectivity index (χ3v) is 6.49. The fraction of sp³-hybridized carbons (Fsp3) is 0.440. The number of aromatic nitrogens is 1. The van der Waals surface area contributed by atoms with Crippen molar-refractivity contribution in [3.8, 4) is 17.2 Å². The third kappa shape index (κ3) is 6.31. The summed E-state index contributed by atoms with van der Waals surface area (Å²) >= 11 is 1.49. The van der Waals surface area contributed by atoms with E-state index >= 15 is 0 Å². The number of ether oxygens (including phenoxy) is 3. The van der Waals surface area contributed by atoms with E-state index < -0.39 is 0 Å². The number of anilines is 1. The summed E-state index contributed by atoms with van der Waals surface area (Å²) in [6.45, 7) is 4.56. The van der Waals surface area contributed by atoms with Gasteiger partial charge in [0.25, 0.3) is 5.91 Å². The molecule has 0 saturated carbocycles. The van der Waals surface area contributed by atoms with Gasteiger partial charge in [0, 0.05) is 24.2 Å². The molecule has 0 aliphatic carbocycles. The number of carbonyl (C=O) groups excluding carboxylic acids is 1. The van der Waals surface area contributed by atoms with Crippen molar-refractivity contribution in [2.75, 3.05) is 45.5 Å². The zero-order chi connectivity index (χ0) is 23.2. The summed E-state index contributed by atoms with van der Waals surface area (Å²) < 4.78 is 17.7. The first kappa shape index (κ1) is 26.1. The standard InChI is InChI=1S/C25H31N3O4S.ClH/c1-4-5-6-14-30-19-10-8-18(9-11-19)24(29)28(13-7-12-27(2)3)25-26-20-15-21-22(32-17-31-21)16-23(20)33-25;/h8-11,15-16H,4-7,12-14,17H2,1-3H3;1H. The Morgan fingerprint density at radius 1 is 1.06 bits per heavy atom. The number of fused-ring (bicyclic) bond motifs is 2. The highest BCUT2D eigenvalue weighted by molar-refractivity contribution is 7.22. The van der Waals surface area contributed by atoms with Gasteiger partial charge in [-0.2, -0.15) is 0 Å². The second-order valence-electron chi connectivity index (χ2n) is 8.36. The SMILES string of the molecule is CCCCCOc1ccc(C(=O)N(CCCN(C)C)c2nc3cc4c(cc3s2)OCO4)cc1.Cl. The topological polar surface area (TPSA) is 64.1 Å². The number of unbranched alkanes of at least 4 members (excludes halogenated alkanes) is 2. The second kappa shape index (κ2) is 12.2. The Kier molecular flexibility index (Phi) is 9.38. The van der Waals surface area contributed by atoms with Crippen molar-refractivity contribution in [1.82, 2.24) is 9.88 Å². The summed E-state index contributed by atoms with van der Waals surface area (Å²) in [5.74, 6) is 2.14. The molecule has 0 fully saturated rings. The molecule has 9 heteroatoms. The molecule has 34 heavy (non-hydrogen) atoms. The predicted molar refractivity (Wildman–Crippen MR) is 139 cm³/mol. The summed E-state index contributed by atoms with van der Waals surface area (Å²) in [5.41, 5.74) is 1.43. The molecule has 1 aliphatic heterocycles. The van der Waals surface area contributed by atoms with Gasteiger partial charge in [0.1, 0.15) is 5.75 Å². The van der Waals surface area contributed by atoms with Gasteiger partial charge in [-0.3, -0.25) is 9.69 Å². The van der Waals surface area contributed by atoms with Crippen LogP contribution in [0.25, 0.3) is 10.2 Å². The second-order valence-corrected chi connectivity index (χ2v) is 9.37. The van der Waals surface area contributed by atoms with Crippen molar-refractivity contribution >= 4 is 45.0 Å². The van der Waals surface area contributed by atoms with E-state index in [1.54, 1.807) is 4.90 Å². The van der Waals surface area contributed by atoms with Crippen molar-refractivity contribution in [3.63, 3.8) is 0 Å². The molecule has 0 radical (unpaired) electrons. The molecule has 0 spiro atoms. The highest BCUT2D eigenvalue weighted by atomic mass is 35.5. The fourth-order valence-electron chi connectivity index (χ4n) is 3.64. The van der Waals surface area contributed by atoms with Crippen LogP contribution >= 0.6 is 23.7 Å². The normalized spacial score (nSPS) is 12.1. The molecule has 184 valence electrons. The zero-order valence-corrected chi connectivity index (χ0v) is 21.5. The van der Waals surface area contributed by atoms with E-state index in [1.807, 2.05) is 50.5 Å². The highest BCUT2D eigenvalue weighted by Gasteiger charge is 2.23. The van der Waals surface area contributed by atoms with Crippen LogP contribution in [0.1, 0.15) is 43.0 Å². The Labute approximate surface area is 211 Å². The van der Waals surface area contributed by atoms with Gasteiger partial charge < -0.3 is 19.1 Å². The molecular weight excluding hydrogens is 474 g/mol. The molecule has 0 N–H and O–H groups in total. The summed E-state index contributed by atoms with van der Waals surface area (Å²) in [4.78, 5) is 22.2. The van der Waals surface area contributed by atoms with Gasteiger partial charge in [-0.25, -0.2) is 4.98 Å². The van der Waals surface area contributed by atoms with E-state index in [9.17, 15) is 4.79 Å². The van der Waals surface area contributed by atoms with Crippen LogP contribution in [0.4, 0.5) is 5.13 Å². The monoisotopic (exact) mass is 505 g/mol. The molecular formula is C25H32ClN3O4S. The third-order valence-electron chi connectivity index (χ3n) is 5.45. The van der Waals surface area contributed by atoms with Crippen LogP contribution in [0, 0.1) is 0 Å². The number of carbonyl (C=O) groups is 1. The van der Waals surface area contributed by atoms with Crippen LogP contribution in [0.15, 0.2) is 36.4 Å². The first-order chi connectivity index (χ1) is 16.0. The maximum absolute atomic E-state index is 13.5. The Morgan fingerprint density at radius 2 is 1.79 bits per heavy atom. The van der Waals surface area contributed by atoms with Crippen molar-refractivity contribution in [1.29, 1.82) is 0 Å². The highest BCUT2D eigenvalue weighted by Crippen LogP contribution is 2.40. The van der Waals surface area contributed by atoms with Gasteiger partial charge in [-0.1, -0.05) is 31.1 Å². The van der Waals surface area contributed by atoms with Crippen LogP contribution in [0.3, 0.4) is 0 Å². The molecule has 1 amide bonds. The van der Waals surface area contributed by atoms with Gasteiger partial charge in [0.05, 0.1) is 16.8 Å². The molecule has 4 rings (SSSR count). The molecule has 1 aliphatic rings. The van der Waals surface area contributed by atoms with Gasteiger partial charge in [0.15, 0.2) is 16.6 Å². The predicted octanol–water partition coefficient (Wildman–Crippen LogP) is 5.61. The number of amides is 1. The van der Waals surface area contributed by atoms with Gasteiger partial charge in [0.2, 0.25) is 6.79 Å². The summed E-state index contributed by atoms with van der Waals surface area (Å²) in [6, 6.07) is 11.2. The average molecular weight is 506 g/mol. The molecule has 0 saturated heterocycles. The minimum absolute atomic E-state index is 0. The Bertz CT molecular complexity index is 1050. The minimum Gasteiger partial charge on any atom is -0.494 e. The minimum atomic E-state index is -0.0645. The van der Waals surface area contributed by atoms with E-state index in [2.05, 4.69) is 11.8 Å². The van der Waals surface area contributed by atoms with E-state index in [0.29, 0.717) is 29.6 Å². The van der Waals surface area contributed by atoms with Crippen molar-refractivity contribution < 1.29 is 19.0 Å². The lowest BCUT2D eigenvalue weighted by molar-refractivity contribution is 0.0986. The molecule has 2 aromatic carbocycles. The van der Waals surface area contributed by atoms with Crippen LogP contribution < -0.4 is 19.1 Å². The lowest BCUT2D eigenvalue weighted by Gasteiger charge is -2.21. The Morgan fingerprint density at radius 3 is 2.50 bits per heavy atom. The van der Waals surface area contributed by atoms with Crippen LogP contribution in [-0.2, 0) is 0 Å². The number of thiazole rings is 1. The van der Waals surface area contributed by atoms with Gasteiger partial charge in [-0.05, 0) is 57.7 Å². The summed E-state index contributed by atoms with van der Waals surface area (Å²) in [5, 5.41) is 0.678. The van der Waals surface area contributed by atoms with E-state index in [4.69, 9.17) is 19.2 Å². The fourth-order valence-corrected chi connectivity index (χ4v) is 4.64. The van der Waals surface area contributed by atoms with Crippen molar-refractivity contribution in [2.24, 2.45) is 0 Å².